The van der Waals surface area contributed by atoms with Gasteiger partial charge in [0.1, 0.15) is 6.54 Å². The number of thiazole rings is 1. The second-order valence-corrected chi connectivity index (χ2v) is 6.83. The number of amides is 1. The number of esters is 1. The van der Waals surface area contributed by atoms with Gasteiger partial charge in [0, 0.05) is 0 Å². The fourth-order valence-corrected chi connectivity index (χ4v) is 3.74. The van der Waals surface area contributed by atoms with Crippen LogP contribution >= 0.6 is 22.9 Å². The second-order valence-electron chi connectivity index (χ2n) is 5.41. The van der Waals surface area contributed by atoms with E-state index in [2.05, 4.69) is 4.99 Å². The molecular formula is C18H15ClN2O3S. The average Bonchev–Trinajstić information content (AvgIpc) is 2.91. The molecule has 1 heterocycles. The molecule has 7 heteroatoms. The van der Waals surface area contributed by atoms with Crippen molar-refractivity contribution in [3.05, 3.63) is 63.4 Å². The van der Waals surface area contributed by atoms with Gasteiger partial charge in [0.15, 0.2) is 4.80 Å². The monoisotopic (exact) mass is 374 g/mol. The number of methoxy groups -OCH3 is 1. The molecule has 2 aromatic carbocycles. The van der Waals surface area contributed by atoms with Crippen molar-refractivity contribution < 1.29 is 14.3 Å². The van der Waals surface area contributed by atoms with E-state index >= 15 is 0 Å². The highest BCUT2D eigenvalue weighted by Gasteiger charge is 2.13. The fraction of sp³-hybridized carbons (Fsp3) is 0.167. The number of aryl methyl sites for hydroxylation is 1. The van der Waals surface area contributed by atoms with Crippen molar-refractivity contribution in [3.63, 3.8) is 0 Å². The lowest BCUT2D eigenvalue weighted by Gasteiger charge is -2.04. The highest BCUT2D eigenvalue weighted by molar-refractivity contribution is 7.16. The van der Waals surface area contributed by atoms with Gasteiger partial charge in [0.05, 0.1) is 27.9 Å². The summed E-state index contributed by atoms with van der Waals surface area (Å²) in [5.74, 6) is -0.862. The number of fused-ring (bicyclic) bond motifs is 1. The zero-order valence-electron chi connectivity index (χ0n) is 13.7. The van der Waals surface area contributed by atoms with E-state index in [1.807, 2.05) is 25.1 Å². The van der Waals surface area contributed by atoms with Crippen molar-refractivity contribution in [1.29, 1.82) is 0 Å². The number of carbonyl (C=O) groups is 2. The van der Waals surface area contributed by atoms with Gasteiger partial charge < -0.3 is 9.30 Å². The molecule has 0 aliphatic carbocycles. The van der Waals surface area contributed by atoms with Crippen molar-refractivity contribution in [2.45, 2.75) is 13.5 Å². The minimum Gasteiger partial charge on any atom is -0.468 e. The molecule has 0 unspecified atom stereocenters. The van der Waals surface area contributed by atoms with E-state index in [1.54, 1.807) is 28.8 Å². The number of benzene rings is 2. The number of ether oxygens (including phenoxy) is 1. The molecule has 0 fully saturated rings. The molecule has 0 aliphatic rings. The van der Waals surface area contributed by atoms with Crippen LogP contribution in [0.15, 0.2) is 47.5 Å². The Hall–Kier alpha value is -2.44. The first-order valence-corrected chi connectivity index (χ1v) is 8.69. The van der Waals surface area contributed by atoms with Gasteiger partial charge in [-0.3, -0.25) is 9.59 Å². The molecule has 0 radical (unpaired) electrons. The predicted octanol–water partition coefficient (Wildman–Crippen LogP) is 3.58. The van der Waals surface area contributed by atoms with Crippen molar-refractivity contribution in [2.24, 2.45) is 4.99 Å². The predicted molar refractivity (Wildman–Crippen MR) is 97.9 cm³/mol. The number of aromatic nitrogens is 1. The van der Waals surface area contributed by atoms with Crippen LogP contribution in [0, 0.1) is 6.92 Å². The summed E-state index contributed by atoms with van der Waals surface area (Å²) in [4.78, 5) is 28.9. The van der Waals surface area contributed by atoms with Crippen LogP contribution in [-0.4, -0.2) is 23.6 Å². The largest absolute Gasteiger partial charge is 0.468 e. The summed E-state index contributed by atoms with van der Waals surface area (Å²) >= 11 is 7.42. The van der Waals surface area contributed by atoms with Crippen LogP contribution in [0.2, 0.25) is 5.02 Å². The van der Waals surface area contributed by atoms with Crippen molar-refractivity contribution in [2.75, 3.05) is 7.11 Å². The van der Waals surface area contributed by atoms with E-state index in [0.717, 1.165) is 15.8 Å². The van der Waals surface area contributed by atoms with E-state index in [-0.39, 0.29) is 6.54 Å². The maximum Gasteiger partial charge on any atom is 0.325 e. The van der Waals surface area contributed by atoms with Gasteiger partial charge in [-0.1, -0.05) is 41.1 Å². The van der Waals surface area contributed by atoms with Crippen LogP contribution in [0.4, 0.5) is 0 Å². The maximum atomic E-state index is 12.5. The van der Waals surface area contributed by atoms with Crippen LogP contribution in [-0.2, 0) is 16.1 Å². The third kappa shape index (κ3) is 3.65. The maximum absolute atomic E-state index is 12.5. The number of carbonyl (C=O) groups excluding carboxylic acids is 2. The Balaban J connectivity index is 2.17. The van der Waals surface area contributed by atoms with Gasteiger partial charge in [0.2, 0.25) is 0 Å². The SMILES string of the molecule is COC(=O)Cn1c(=NC(=O)c2ccccc2Cl)sc2cc(C)ccc21. The topological polar surface area (TPSA) is 60.7 Å². The lowest BCUT2D eigenvalue weighted by atomic mass is 10.2. The lowest BCUT2D eigenvalue weighted by molar-refractivity contribution is -0.141. The normalized spacial score (nSPS) is 11.7. The summed E-state index contributed by atoms with van der Waals surface area (Å²) in [6.07, 6.45) is 0. The summed E-state index contributed by atoms with van der Waals surface area (Å²) < 4.78 is 7.38. The highest BCUT2D eigenvalue weighted by Crippen LogP contribution is 2.20. The molecule has 0 spiro atoms. The van der Waals surface area contributed by atoms with E-state index in [0.29, 0.717) is 15.4 Å². The molecular weight excluding hydrogens is 360 g/mol. The average molecular weight is 375 g/mol. The third-order valence-electron chi connectivity index (χ3n) is 3.65. The standard InChI is InChI=1S/C18H15ClN2O3S/c1-11-7-8-14-15(9-11)25-18(21(14)10-16(22)24-2)20-17(23)12-5-3-4-6-13(12)19/h3-9H,10H2,1-2H3. The molecule has 1 aromatic heterocycles. The number of nitrogens with zero attached hydrogens (tertiary/aromatic N) is 2. The van der Waals surface area contributed by atoms with Gasteiger partial charge in [-0.25, -0.2) is 0 Å². The van der Waals surface area contributed by atoms with Crippen LogP contribution in [0.25, 0.3) is 10.2 Å². The van der Waals surface area contributed by atoms with Gasteiger partial charge >= 0.3 is 5.97 Å². The van der Waals surface area contributed by atoms with E-state index in [4.69, 9.17) is 16.3 Å². The Labute approximate surface area is 153 Å². The van der Waals surface area contributed by atoms with E-state index in [1.165, 1.54) is 18.4 Å². The Kier molecular flexibility index (Phi) is 5.01. The molecule has 1 amide bonds. The molecule has 0 N–H and O–H groups in total. The minimum atomic E-state index is -0.451. The van der Waals surface area contributed by atoms with Crippen LogP contribution in [0.1, 0.15) is 15.9 Å². The second kappa shape index (κ2) is 7.21. The third-order valence-corrected chi connectivity index (χ3v) is 5.03. The molecule has 0 saturated heterocycles. The fourth-order valence-electron chi connectivity index (χ4n) is 2.39. The molecule has 0 aliphatic heterocycles. The molecule has 0 atom stereocenters. The molecule has 25 heavy (non-hydrogen) atoms. The number of hydrogen-bond donors (Lipinski definition) is 0. The van der Waals surface area contributed by atoms with Gasteiger partial charge in [0.25, 0.3) is 5.91 Å². The Morgan fingerprint density at radius 2 is 2.00 bits per heavy atom. The Morgan fingerprint density at radius 1 is 1.24 bits per heavy atom. The van der Waals surface area contributed by atoms with Crippen molar-refractivity contribution in [1.82, 2.24) is 4.57 Å². The zero-order chi connectivity index (χ0) is 18.0. The quantitative estimate of drug-likeness (QED) is 0.658. The lowest BCUT2D eigenvalue weighted by Crippen LogP contribution is -2.22. The molecule has 3 aromatic rings. The molecule has 0 bridgehead atoms. The first-order valence-electron chi connectivity index (χ1n) is 7.50. The van der Waals surface area contributed by atoms with Gasteiger partial charge in [-0.05, 0) is 36.8 Å². The zero-order valence-corrected chi connectivity index (χ0v) is 15.2. The number of rotatable bonds is 3. The summed E-state index contributed by atoms with van der Waals surface area (Å²) in [6.45, 7) is 1.96. The number of hydrogen-bond acceptors (Lipinski definition) is 4. The van der Waals surface area contributed by atoms with Crippen molar-refractivity contribution >= 4 is 45.0 Å². The summed E-state index contributed by atoms with van der Waals surface area (Å²) in [5, 5.41) is 0.340. The van der Waals surface area contributed by atoms with Gasteiger partial charge in [-0.15, -0.1) is 0 Å². The summed E-state index contributed by atoms with van der Waals surface area (Å²) in [7, 11) is 1.33. The molecule has 0 saturated carbocycles. The van der Waals surface area contributed by atoms with Gasteiger partial charge in [-0.2, -0.15) is 4.99 Å². The summed E-state index contributed by atoms with van der Waals surface area (Å²) in [6, 6.07) is 12.6. The first-order chi connectivity index (χ1) is 12.0. The van der Waals surface area contributed by atoms with Crippen LogP contribution in [0.5, 0.6) is 0 Å². The van der Waals surface area contributed by atoms with Crippen molar-refractivity contribution in [3.8, 4) is 0 Å². The van der Waals surface area contributed by atoms with Crippen LogP contribution in [0.3, 0.4) is 0 Å². The first kappa shape index (κ1) is 17.4. The Morgan fingerprint density at radius 3 is 2.72 bits per heavy atom. The van der Waals surface area contributed by atoms with Crippen LogP contribution < -0.4 is 4.80 Å². The number of halogens is 1. The van der Waals surface area contributed by atoms with E-state index in [9.17, 15) is 9.59 Å². The smallest absolute Gasteiger partial charge is 0.325 e. The minimum absolute atomic E-state index is 0.0196. The summed E-state index contributed by atoms with van der Waals surface area (Å²) in [5.41, 5.74) is 2.23. The Bertz CT molecular complexity index is 1040. The van der Waals surface area contributed by atoms with E-state index < -0.39 is 11.9 Å². The molecule has 128 valence electrons. The highest BCUT2D eigenvalue weighted by atomic mass is 35.5. The molecule has 3 rings (SSSR count). The molecule has 5 nitrogen and oxygen atoms in total.